The van der Waals surface area contributed by atoms with Crippen molar-refractivity contribution in [2.75, 3.05) is 0 Å². The van der Waals surface area contributed by atoms with E-state index in [9.17, 15) is 19.6 Å². The molecule has 0 bridgehead atoms. The monoisotopic (exact) mass is 373 g/mol. The molecule has 4 heterocycles. The number of hydrogen-bond donors (Lipinski definition) is 2. The first-order valence-electron chi connectivity index (χ1n) is 8.56. The fourth-order valence-electron chi connectivity index (χ4n) is 4.38. The van der Waals surface area contributed by atoms with Crippen molar-refractivity contribution >= 4 is 34.9 Å². The van der Waals surface area contributed by atoms with Gasteiger partial charge in [0.05, 0.1) is 27.2 Å². The maximum Gasteiger partial charge on any atom is 0.337 e. The van der Waals surface area contributed by atoms with Crippen LogP contribution in [0.4, 0.5) is 0 Å². The molecule has 130 valence electrons. The first kappa shape index (κ1) is 14.9. The minimum absolute atomic E-state index is 0.187. The van der Waals surface area contributed by atoms with Crippen LogP contribution in [-0.4, -0.2) is 21.2 Å². The van der Waals surface area contributed by atoms with E-state index < -0.39 is 13.1 Å². The van der Waals surface area contributed by atoms with E-state index in [0.717, 1.165) is 16.5 Å². The maximum atomic E-state index is 12.6. The van der Waals surface area contributed by atoms with Crippen molar-refractivity contribution in [3.63, 3.8) is 0 Å². The summed E-state index contributed by atoms with van der Waals surface area (Å²) in [5, 5.41) is 22.8. The number of allylic oxidation sites excluding steroid dienone is 5. The SMILES string of the molecule is O=C(O)c1c2ccccc2nc2c(CC3=CC4=C(O)C5=C3P45=O)cccc12. The van der Waals surface area contributed by atoms with Gasteiger partial charge in [-0.2, -0.15) is 0 Å². The molecule has 0 aliphatic carbocycles. The molecule has 27 heavy (non-hydrogen) atoms. The Kier molecular flexibility index (Phi) is 2.53. The molecule has 1 atom stereocenters. The number of rotatable bonds is 3. The smallest absolute Gasteiger partial charge is 0.337 e. The number of benzene rings is 2. The molecular formula is C21H12NO4P. The van der Waals surface area contributed by atoms with Crippen molar-refractivity contribution in [3.05, 3.63) is 86.9 Å². The lowest BCUT2D eigenvalue weighted by Crippen LogP contribution is -2.03. The van der Waals surface area contributed by atoms with Gasteiger partial charge >= 0.3 is 5.97 Å². The summed E-state index contributed by atoms with van der Waals surface area (Å²) in [5.41, 5.74) is 3.37. The van der Waals surface area contributed by atoms with Gasteiger partial charge < -0.3 is 14.8 Å². The molecule has 0 fully saturated rings. The highest BCUT2D eigenvalue weighted by atomic mass is 31.2. The second-order valence-corrected chi connectivity index (χ2v) is 9.60. The first-order valence-corrected chi connectivity index (χ1v) is 10.3. The summed E-state index contributed by atoms with van der Waals surface area (Å²) in [6.45, 7) is 0. The molecule has 1 aromatic heterocycles. The summed E-state index contributed by atoms with van der Waals surface area (Å²) < 4.78 is 12.6. The van der Waals surface area contributed by atoms with Gasteiger partial charge in [-0.25, -0.2) is 9.78 Å². The number of para-hydroxylation sites is 2. The van der Waals surface area contributed by atoms with Crippen molar-refractivity contribution < 1.29 is 19.6 Å². The third-order valence-electron chi connectivity index (χ3n) is 5.61. The van der Waals surface area contributed by atoms with E-state index in [4.69, 9.17) is 4.98 Å². The van der Waals surface area contributed by atoms with Gasteiger partial charge in [-0.05, 0) is 23.3 Å². The molecule has 6 rings (SSSR count). The lowest BCUT2D eigenvalue weighted by atomic mass is 9.96. The van der Waals surface area contributed by atoms with Gasteiger partial charge in [0.15, 0.2) is 7.14 Å². The molecule has 3 aromatic rings. The van der Waals surface area contributed by atoms with Crippen LogP contribution < -0.4 is 0 Å². The van der Waals surface area contributed by atoms with Crippen LogP contribution >= 0.6 is 7.14 Å². The molecule has 5 nitrogen and oxygen atoms in total. The fraction of sp³-hybridized carbons (Fsp3) is 0.0476. The molecule has 2 N–H and O–H groups in total. The van der Waals surface area contributed by atoms with Crippen LogP contribution in [0.1, 0.15) is 15.9 Å². The summed E-state index contributed by atoms with van der Waals surface area (Å²) in [7, 11) is -2.49. The predicted molar refractivity (Wildman–Crippen MR) is 102 cm³/mol. The molecule has 6 heteroatoms. The zero-order chi connectivity index (χ0) is 18.5. The van der Waals surface area contributed by atoms with Gasteiger partial charge in [0, 0.05) is 22.5 Å². The van der Waals surface area contributed by atoms with E-state index in [1.807, 2.05) is 30.3 Å². The number of aliphatic hydroxyl groups is 1. The third-order valence-corrected chi connectivity index (χ3v) is 8.62. The Morgan fingerprint density at radius 1 is 1.04 bits per heavy atom. The molecule has 3 aliphatic heterocycles. The fourth-order valence-corrected chi connectivity index (χ4v) is 7.40. The van der Waals surface area contributed by atoms with Crippen LogP contribution in [0.15, 0.2) is 75.8 Å². The number of pyridine rings is 1. The van der Waals surface area contributed by atoms with Gasteiger partial charge in [0.25, 0.3) is 0 Å². The van der Waals surface area contributed by atoms with Gasteiger partial charge in [0.2, 0.25) is 0 Å². The number of aliphatic hydroxyl groups excluding tert-OH is 1. The quantitative estimate of drug-likeness (QED) is 0.502. The zero-order valence-electron chi connectivity index (χ0n) is 13.9. The average Bonchev–Trinajstić information content (AvgIpc) is 3.14. The largest absolute Gasteiger partial charge is 0.506 e. The van der Waals surface area contributed by atoms with E-state index in [-0.39, 0.29) is 11.3 Å². The van der Waals surface area contributed by atoms with Crippen LogP contribution in [0.25, 0.3) is 21.8 Å². The Balaban J connectivity index is 1.57. The lowest BCUT2D eigenvalue weighted by molar-refractivity contribution is 0.0701. The molecule has 1 unspecified atom stereocenters. The number of aromatic nitrogens is 1. The number of carboxylic acids is 1. The second-order valence-electron chi connectivity index (χ2n) is 7.01. The van der Waals surface area contributed by atoms with Gasteiger partial charge in [-0.15, -0.1) is 0 Å². The Labute approximate surface area is 153 Å². The molecule has 0 radical (unpaired) electrons. The Bertz CT molecular complexity index is 1410. The molecule has 0 saturated carbocycles. The molecule has 0 spiro atoms. The number of nitrogens with zero attached hydrogens (tertiary/aromatic N) is 1. The van der Waals surface area contributed by atoms with Gasteiger partial charge in [-0.1, -0.05) is 36.4 Å². The van der Waals surface area contributed by atoms with Crippen LogP contribution in [0.3, 0.4) is 0 Å². The van der Waals surface area contributed by atoms with E-state index in [1.165, 1.54) is 0 Å². The second kappa shape index (κ2) is 4.56. The molecular weight excluding hydrogens is 361 g/mol. The van der Waals surface area contributed by atoms with Crippen LogP contribution in [0.2, 0.25) is 0 Å². The first-order chi connectivity index (χ1) is 13.0. The normalized spacial score (nSPS) is 22.1. The van der Waals surface area contributed by atoms with Crippen molar-refractivity contribution in [2.45, 2.75) is 6.42 Å². The Hall–Kier alpha value is -3.17. The Morgan fingerprint density at radius 3 is 2.52 bits per heavy atom. The van der Waals surface area contributed by atoms with E-state index in [0.29, 0.717) is 38.9 Å². The number of carboxylic acid groups (broad SMARTS) is 1. The third kappa shape index (κ3) is 1.64. The summed E-state index contributed by atoms with van der Waals surface area (Å²) >= 11 is 0. The van der Waals surface area contributed by atoms with Crippen molar-refractivity contribution in [3.8, 4) is 0 Å². The molecule has 0 amide bonds. The number of fused-ring (bicyclic) bond motifs is 2. The summed E-state index contributed by atoms with van der Waals surface area (Å²) in [6.07, 6.45) is 2.33. The topological polar surface area (TPSA) is 87.5 Å². The summed E-state index contributed by atoms with van der Waals surface area (Å²) in [5.74, 6) is -0.795. The zero-order valence-corrected chi connectivity index (χ0v) is 14.8. The summed E-state index contributed by atoms with van der Waals surface area (Å²) in [4.78, 5) is 16.7. The van der Waals surface area contributed by atoms with Crippen LogP contribution in [-0.2, 0) is 11.0 Å². The van der Waals surface area contributed by atoms with E-state index >= 15 is 0 Å². The van der Waals surface area contributed by atoms with Gasteiger partial charge in [-0.3, -0.25) is 0 Å². The maximum absolute atomic E-state index is 12.6. The minimum Gasteiger partial charge on any atom is -0.506 e. The highest BCUT2D eigenvalue weighted by molar-refractivity contribution is 7.86. The molecule has 0 saturated heterocycles. The standard InChI is InChI=1S/C21H12NO4P/c23-18-15-9-11(19-20(18)27(15,19)26)8-10-4-3-6-13-16(21(24)25)12-5-1-2-7-14(12)22-17(10)13/h1-7,9,23H,8H2,(H,24,25). The average molecular weight is 373 g/mol. The van der Waals surface area contributed by atoms with Crippen LogP contribution in [0.5, 0.6) is 0 Å². The highest BCUT2D eigenvalue weighted by Crippen LogP contribution is 2.95. The lowest BCUT2D eigenvalue weighted by Gasteiger charge is -2.13. The van der Waals surface area contributed by atoms with Crippen molar-refractivity contribution in [1.82, 2.24) is 4.98 Å². The van der Waals surface area contributed by atoms with E-state index in [2.05, 4.69) is 0 Å². The van der Waals surface area contributed by atoms with E-state index in [1.54, 1.807) is 18.2 Å². The number of aromatic carboxylic acids is 1. The summed E-state index contributed by atoms with van der Waals surface area (Å²) in [6, 6.07) is 12.8. The predicted octanol–water partition coefficient (Wildman–Crippen LogP) is 4.94. The van der Waals surface area contributed by atoms with Crippen molar-refractivity contribution in [2.24, 2.45) is 0 Å². The molecule has 2 aromatic carbocycles. The number of hydrogen-bond acceptors (Lipinski definition) is 4. The number of carbonyl (C=O) groups is 1. The highest BCUT2D eigenvalue weighted by Gasteiger charge is 2.67. The minimum atomic E-state index is -2.49. The van der Waals surface area contributed by atoms with Crippen molar-refractivity contribution in [1.29, 1.82) is 0 Å². The van der Waals surface area contributed by atoms with Crippen LogP contribution in [0, 0.1) is 0 Å². The Morgan fingerprint density at radius 2 is 1.81 bits per heavy atom. The van der Waals surface area contributed by atoms with Gasteiger partial charge in [0.1, 0.15) is 5.76 Å². The molecule has 3 aliphatic rings.